The summed E-state index contributed by atoms with van der Waals surface area (Å²) >= 11 is 2.23. The van der Waals surface area contributed by atoms with Crippen molar-refractivity contribution in [1.29, 1.82) is 0 Å². The molecule has 2 N–H and O–H groups in total. The summed E-state index contributed by atoms with van der Waals surface area (Å²) in [4.78, 5) is 37.7. The topological polar surface area (TPSA) is 92.7 Å². The predicted octanol–water partition coefficient (Wildman–Crippen LogP) is 5.36. The van der Waals surface area contributed by atoms with E-state index in [1.807, 2.05) is 6.92 Å². The molecular formula is C21H22F3NO5S2. The first-order valence-corrected chi connectivity index (χ1v) is 11.4. The number of benzene rings is 1. The Morgan fingerprint density at radius 2 is 1.81 bits per heavy atom. The largest absolute Gasteiger partial charge is 0.573 e. The third-order valence-electron chi connectivity index (χ3n) is 4.34. The number of carbonyl (C=O) groups is 3. The average Bonchev–Trinajstić information content (AvgIpc) is 3.13. The number of anilines is 1. The molecule has 2 aromatic rings. The Labute approximate surface area is 191 Å². The summed E-state index contributed by atoms with van der Waals surface area (Å²) in [6, 6.07) is 6.16. The number of amides is 1. The first-order chi connectivity index (χ1) is 14.9. The summed E-state index contributed by atoms with van der Waals surface area (Å²) in [5.74, 6) is -2.36. The molecule has 0 aliphatic carbocycles. The van der Waals surface area contributed by atoms with E-state index in [9.17, 15) is 27.6 Å². The number of carbonyl (C=O) groups excluding carboxylic acids is 2. The van der Waals surface area contributed by atoms with Gasteiger partial charge in [-0.25, -0.2) is 0 Å². The van der Waals surface area contributed by atoms with Crippen molar-refractivity contribution in [3.8, 4) is 5.75 Å². The third kappa shape index (κ3) is 6.99. The molecule has 1 aromatic heterocycles. The molecule has 1 amide bonds. The Bertz CT molecular complexity index is 973. The molecule has 0 fully saturated rings. The number of rotatable bonds is 10. The number of alkyl halides is 3. The van der Waals surface area contributed by atoms with E-state index < -0.39 is 40.3 Å². The predicted molar refractivity (Wildman–Crippen MR) is 118 cm³/mol. The van der Waals surface area contributed by atoms with Crippen molar-refractivity contribution in [3.05, 3.63) is 46.3 Å². The second-order valence-corrected chi connectivity index (χ2v) is 9.40. The van der Waals surface area contributed by atoms with Crippen LogP contribution in [0, 0.1) is 0 Å². The van der Waals surface area contributed by atoms with E-state index in [-0.39, 0.29) is 11.1 Å². The van der Waals surface area contributed by atoms with Crippen LogP contribution in [0.3, 0.4) is 0 Å². The fourth-order valence-electron chi connectivity index (χ4n) is 2.68. The number of thiophene rings is 1. The maximum Gasteiger partial charge on any atom is 0.573 e. The Hall–Kier alpha value is -2.53. The zero-order valence-corrected chi connectivity index (χ0v) is 19.1. The van der Waals surface area contributed by atoms with Crippen LogP contribution in [-0.4, -0.2) is 39.6 Å². The molecule has 2 rings (SSSR count). The van der Waals surface area contributed by atoms with Crippen molar-refractivity contribution < 1.29 is 37.4 Å². The number of aryl methyl sites for hydroxylation is 1. The van der Waals surface area contributed by atoms with E-state index in [0.29, 0.717) is 17.8 Å². The van der Waals surface area contributed by atoms with Crippen LogP contribution in [0.4, 0.5) is 18.2 Å². The number of carboxylic acid groups (broad SMARTS) is 1. The Morgan fingerprint density at radius 1 is 1.19 bits per heavy atom. The highest BCUT2D eigenvalue weighted by Crippen LogP contribution is 2.33. The highest BCUT2D eigenvalue weighted by Gasteiger charge is 2.31. The summed E-state index contributed by atoms with van der Waals surface area (Å²) in [6.07, 6.45) is -3.83. The van der Waals surface area contributed by atoms with Gasteiger partial charge in [-0.05, 0) is 50.1 Å². The number of ether oxygens (including phenoxy) is 1. The molecule has 0 spiro atoms. The normalized spacial score (nSPS) is 13.3. The molecule has 32 heavy (non-hydrogen) atoms. The minimum absolute atomic E-state index is 0.136. The van der Waals surface area contributed by atoms with Gasteiger partial charge in [0.05, 0.1) is 10.8 Å². The molecule has 6 nitrogen and oxygen atoms in total. The maximum atomic E-state index is 13.0. The van der Waals surface area contributed by atoms with Crippen LogP contribution in [0.15, 0.2) is 30.3 Å². The second-order valence-electron chi connectivity index (χ2n) is 6.71. The highest BCUT2D eigenvalue weighted by molar-refractivity contribution is 8.01. The van der Waals surface area contributed by atoms with Crippen LogP contribution in [0.5, 0.6) is 5.75 Å². The van der Waals surface area contributed by atoms with E-state index >= 15 is 0 Å². The van der Waals surface area contributed by atoms with Crippen LogP contribution >= 0.6 is 23.1 Å². The fraction of sp³-hybridized carbons (Fsp3) is 0.381. The van der Waals surface area contributed by atoms with Gasteiger partial charge in [0, 0.05) is 10.4 Å². The standard InChI is InChI=1S/C21H22F3NO5S2/c1-4-14-10-15(17(26)12-6-8-13(9-7-12)30-21(22,23)24)19(32-14)25-18(27)16(5-2)31-11(3)20(28)29/h6-11,16H,4-5H2,1-3H3,(H,25,27)(H,28,29). The van der Waals surface area contributed by atoms with Gasteiger partial charge in [0.1, 0.15) is 16.0 Å². The fourth-order valence-corrected chi connectivity index (χ4v) is 4.66. The van der Waals surface area contributed by atoms with Gasteiger partial charge in [0.25, 0.3) is 0 Å². The summed E-state index contributed by atoms with van der Waals surface area (Å²) in [6.45, 7) is 5.13. The van der Waals surface area contributed by atoms with Gasteiger partial charge in [-0.2, -0.15) is 0 Å². The Morgan fingerprint density at radius 3 is 2.31 bits per heavy atom. The molecule has 174 valence electrons. The van der Waals surface area contributed by atoms with Crippen LogP contribution in [-0.2, 0) is 16.0 Å². The zero-order valence-electron chi connectivity index (χ0n) is 17.5. The summed E-state index contributed by atoms with van der Waals surface area (Å²) < 4.78 is 40.8. The second kappa shape index (κ2) is 10.9. The lowest BCUT2D eigenvalue weighted by Gasteiger charge is -2.17. The third-order valence-corrected chi connectivity index (χ3v) is 7.02. The van der Waals surface area contributed by atoms with Crippen LogP contribution in [0.25, 0.3) is 0 Å². The van der Waals surface area contributed by atoms with E-state index in [1.54, 1.807) is 13.0 Å². The molecule has 0 radical (unpaired) electrons. The first-order valence-electron chi connectivity index (χ1n) is 9.67. The molecule has 2 atom stereocenters. The maximum absolute atomic E-state index is 13.0. The van der Waals surface area contributed by atoms with Crippen molar-refractivity contribution in [3.63, 3.8) is 0 Å². The van der Waals surface area contributed by atoms with Crippen LogP contribution < -0.4 is 10.1 Å². The number of ketones is 1. The van der Waals surface area contributed by atoms with Crippen molar-refractivity contribution in [2.24, 2.45) is 0 Å². The number of nitrogens with one attached hydrogen (secondary N) is 1. The SMILES string of the molecule is CCc1cc(C(=O)c2ccc(OC(F)(F)F)cc2)c(NC(=O)C(CC)SC(C)C(=O)O)s1. The number of aliphatic carboxylic acids is 1. The molecule has 2 unspecified atom stereocenters. The number of hydrogen-bond acceptors (Lipinski definition) is 6. The molecule has 0 bridgehead atoms. The van der Waals surface area contributed by atoms with E-state index in [0.717, 1.165) is 28.8 Å². The quantitative estimate of drug-likeness (QED) is 0.436. The van der Waals surface area contributed by atoms with E-state index in [1.165, 1.54) is 30.4 Å². The van der Waals surface area contributed by atoms with Crippen molar-refractivity contribution >= 4 is 45.8 Å². The average molecular weight is 490 g/mol. The Kier molecular flexibility index (Phi) is 8.73. The molecule has 0 aliphatic heterocycles. The van der Waals surface area contributed by atoms with Gasteiger partial charge in [0.2, 0.25) is 5.91 Å². The molecule has 1 aromatic carbocycles. The van der Waals surface area contributed by atoms with Crippen molar-refractivity contribution in [2.75, 3.05) is 5.32 Å². The van der Waals surface area contributed by atoms with Gasteiger partial charge in [-0.15, -0.1) is 36.3 Å². The minimum atomic E-state index is -4.83. The lowest BCUT2D eigenvalue weighted by molar-refractivity contribution is -0.274. The van der Waals surface area contributed by atoms with Gasteiger partial charge in [0.15, 0.2) is 5.78 Å². The molecule has 0 aliphatic rings. The summed E-state index contributed by atoms with van der Waals surface area (Å²) in [5.41, 5.74) is 0.354. The summed E-state index contributed by atoms with van der Waals surface area (Å²) in [5, 5.41) is 10.7. The lowest BCUT2D eigenvalue weighted by atomic mass is 10.0. The molecule has 1 heterocycles. The van der Waals surface area contributed by atoms with Crippen molar-refractivity contribution in [1.82, 2.24) is 0 Å². The number of hydrogen-bond donors (Lipinski definition) is 2. The van der Waals surface area contributed by atoms with E-state index in [4.69, 9.17) is 5.11 Å². The molecular weight excluding hydrogens is 467 g/mol. The lowest BCUT2D eigenvalue weighted by Crippen LogP contribution is -2.28. The summed E-state index contributed by atoms with van der Waals surface area (Å²) in [7, 11) is 0. The molecule has 11 heteroatoms. The zero-order chi connectivity index (χ0) is 24.1. The van der Waals surface area contributed by atoms with Gasteiger partial charge < -0.3 is 15.2 Å². The molecule has 0 saturated heterocycles. The Balaban J connectivity index is 2.25. The monoisotopic (exact) mass is 489 g/mol. The minimum Gasteiger partial charge on any atom is -0.480 e. The van der Waals surface area contributed by atoms with Crippen molar-refractivity contribution in [2.45, 2.75) is 50.5 Å². The smallest absolute Gasteiger partial charge is 0.480 e. The number of carboxylic acids is 1. The van der Waals surface area contributed by atoms with E-state index in [2.05, 4.69) is 10.1 Å². The van der Waals surface area contributed by atoms with Crippen LogP contribution in [0.1, 0.15) is 48.0 Å². The number of thioether (sulfide) groups is 1. The van der Waals surface area contributed by atoms with Gasteiger partial charge in [-0.1, -0.05) is 13.8 Å². The van der Waals surface area contributed by atoms with Crippen LogP contribution in [0.2, 0.25) is 0 Å². The number of halogens is 3. The molecule has 0 saturated carbocycles. The van der Waals surface area contributed by atoms with Gasteiger partial charge >= 0.3 is 12.3 Å². The first kappa shape index (κ1) is 25.7. The van der Waals surface area contributed by atoms with Gasteiger partial charge in [-0.3, -0.25) is 14.4 Å². The highest BCUT2D eigenvalue weighted by atomic mass is 32.2.